The van der Waals surface area contributed by atoms with Crippen molar-refractivity contribution in [3.8, 4) is 17.3 Å². The molecule has 3 heterocycles. The molecule has 0 saturated carbocycles. The number of nitrogens with zero attached hydrogens (tertiary/aromatic N) is 5. The molecule has 7 aromatic rings. The molecule has 0 radical (unpaired) electrons. The Balaban J connectivity index is 1.24. The van der Waals surface area contributed by atoms with E-state index in [2.05, 4.69) is 149 Å². The van der Waals surface area contributed by atoms with Crippen molar-refractivity contribution in [2.45, 2.75) is 24.3 Å². The van der Waals surface area contributed by atoms with E-state index in [1.807, 2.05) is 18.2 Å². The van der Waals surface area contributed by atoms with Crippen molar-refractivity contribution in [1.29, 1.82) is 0 Å². The van der Waals surface area contributed by atoms with Crippen molar-refractivity contribution in [2.24, 2.45) is 0 Å². The Hall–Kier alpha value is -6.07. The molecule has 0 bridgehead atoms. The highest BCUT2D eigenvalue weighted by Gasteiger charge is 2.38. The van der Waals surface area contributed by atoms with E-state index in [1.54, 1.807) is 0 Å². The van der Waals surface area contributed by atoms with Crippen LogP contribution in [0.25, 0.3) is 49.9 Å². The monoisotopic (exact) mass is 617 g/mol. The lowest BCUT2D eigenvalue weighted by Crippen LogP contribution is -2.28. The minimum atomic E-state index is 0.0849. The third-order valence-electron chi connectivity index (χ3n) is 10.0. The van der Waals surface area contributed by atoms with Gasteiger partial charge in [0.05, 0.1) is 17.1 Å². The molecule has 2 aliphatic carbocycles. The summed E-state index contributed by atoms with van der Waals surface area (Å²) in [6.45, 7) is 0. The summed E-state index contributed by atoms with van der Waals surface area (Å²) in [5.74, 6) is 2.44. The Morgan fingerprint density at radius 1 is 0.604 bits per heavy atom. The molecule has 0 amide bonds. The first kappa shape index (κ1) is 27.1. The molecule has 3 aliphatic rings. The smallest absolute Gasteiger partial charge is 0.238 e. The first-order chi connectivity index (χ1) is 23.8. The predicted molar refractivity (Wildman–Crippen MR) is 196 cm³/mol. The van der Waals surface area contributed by atoms with Crippen LogP contribution in [0.15, 0.2) is 158 Å². The molecule has 5 aromatic carbocycles. The maximum Gasteiger partial charge on any atom is 0.238 e. The Morgan fingerprint density at radius 3 is 2.31 bits per heavy atom. The van der Waals surface area contributed by atoms with E-state index >= 15 is 0 Å². The molecule has 48 heavy (non-hydrogen) atoms. The largest absolute Gasteiger partial charge is 0.333 e. The van der Waals surface area contributed by atoms with Crippen LogP contribution in [0, 0.1) is 0 Å². The van der Waals surface area contributed by atoms with Gasteiger partial charge in [0.25, 0.3) is 0 Å². The number of benzene rings is 5. The van der Waals surface area contributed by atoms with Crippen molar-refractivity contribution in [1.82, 2.24) is 19.5 Å². The number of hydrogen-bond acceptors (Lipinski definition) is 4. The van der Waals surface area contributed by atoms with Gasteiger partial charge in [-0.2, -0.15) is 9.97 Å². The number of aromatic nitrogens is 4. The van der Waals surface area contributed by atoms with Crippen molar-refractivity contribution < 1.29 is 0 Å². The van der Waals surface area contributed by atoms with Gasteiger partial charge >= 0.3 is 0 Å². The van der Waals surface area contributed by atoms with Gasteiger partial charge in [-0.25, -0.2) is 4.98 Å². The SMILES string of the molecule is C1=CCC(c2nc(-c3ccccc3)nc(-n3c4ccccc4c4cc5c(cc43)N(c3ccc4ccccc4c3)C3C=CC=CC53)n2)C=C1. The quantitative estimate of drug-likeness (QED) is 0.197. The van der Waals surface area contributed by atoms with E-state index in [9.17, 15) is 0 Å². The molecular weight excluding hydrogens is 587 g/mol. The second-order valence-corrected chi connectivity index (χ2v) is 12.8. The molecule has 0 N–H and O–H groups in total. The summed E-state index contributed by atoms with van der Waals surface area (Å²) < 4.78 is 2.25. The molecule has 0 saturated heterocycles. The van der Waals surface area contributed by atoms with E-state index in [0.717, 1.165) is 28.8 Å². The molecule has 228 valence electrons. The second-order valence-electron chi connectivity index (χ2n) is 12.8. The summed E-state index contributed by atoms with van der Waals surface area (Å²) in [7, 11) is 0. The van der Waals surface area contributed by atoms with Crippen LogP contribution in [0.3, 0.4) is 0 Å². The average molecular weight is 618 g/mol. The van der Waals surface area contributed by atoms with Crippen LogP contribution < -0.4 is 4.90 Å². The van der Waals surface area contributed by atoms with Crippen molar-refractivity contribution in [2.75, 3.05) is 4.90 Å². The summed E-state index contributed by atoms with van der Waals surface area (Å²) in [5.41, 5.74) is 6.89. The van der Waals surface area contributed by atoms with Crippen molar-refractivity contribution >= 4 is 44.0 Å². The minimum Gasteiger partial charge on any atom is -0.333 e. The number of anilines is 2. The van der Waals surface area contributed by atoms with Crippen molar-refractivity contribution in [3.05, 3.63) is 169 Å². The van der Waals surface area contributed by atoms with E-state index in [1.165, 1.54) is 38.5 Å². The van der Waals surface area contributed by atoms with Gasteiger partial charge in [0.15, 0.2) is 5.82 Å². The maximum absolute atomic E-state index is 5.22. The lowest BCUT2D eigenvalue weighted by atomic mass is 9.90. The fraction of sp³-hybridized carbons (Fsp3) is 0.0930. The Bertz CT molecular complexity index is 2520. The van der Waals surface area contributed by atoms with Crippen LogP contribution in [0.1, 0.15) is 29.6 Å². The Labute approximate surface area is 278 Å². The Morgan fingerprint density at radius 2 is 1.42 bits per heavy atom. The van der Waals surface area contributed by atoms with Gasteiger partial charge in [-0.15, -0.1) is 0 Å². The fourth-order valence-electron chi connectivity index (χ4n) is 7.77. The standard InChI is InChI=1S/C43H31N5/c1-3-14-29(15-4-1)41-44-42(30-16-5-2-6-17-30)46-43(45-41)48-38-22-12-10-20-34(38)36-26-35-33-19-9-11-21-37(33)47(39(35)27-40(36)48)32-24-23-28-13-7-8-18-31(28)25-32/h1-16,18-27,30,33,37H,17H2. The molecule has 5 heteroatoms. The zero-order valence-electron chi connectivity index (χ0n) is 26.2. The third kappa shape index (κ3) is 4.21. The van der Waals surface area contributed by atoms with Gasteiger partial charge < -0.3 is 4.90 Å². The van der Waals surface area contributed by atoms with E-state index in [-0.39, 0.29) is 17.9 Å². The molecule has 3 unspecified atom stereocenters. The third-order valence-corrected chi connectivity index (χ3v) is 10.0. The zero-order valence-corrected chi connectivity index (χ0v) is 26.2. The lowest BCUT2D eigenvalue weighted by Gasteiger charge is -2.29. The fourth-order valence-corrected chi connectivity index (χ4v) is 7.77. The number of allylic oxidation sites excluding steroid dienone is 6. The van der Waals surface area contributed by atoms with Gasteiger partial charge in [-0.05, 0) is 53.1 Å². The maximum atomic E-state index is 5.22. The summed E-state index contributed by atoms with van der Waals surface area (Å²) >= 11 is 0. The average Bonchev–Trinajstić information content (AvgIpc) is 3.66. The molecule has 2 aromatic heterocycles. The van der Waals surface area contributed by atoms with Crippen LogP contribution >= 0.6 is 0 Å². The Kier molecular flexibility index (Phi) is 6.06. The highest BCUT2D eigenvalue weighted by Crippen LogP contribution is 2.50. The summed E-state index contributed by atoms with van der Waals surface area (Å²) in [4.78, 5) is 18.0. The first-order valence-corrected chi connectivity index (χ1v) is 16.7. The van der Waals surface area contributed by atoms with Crippen LogP contribution in [0.2, 0.25) is 0 Å². The molecule has 5 nitrogen and oxygen atoms in total. The highest BCUT2D eigenvalue weighted by atomic mass is 15.2. The lowest BCUT2D eigenvalue weighted by molar-refractivity contribution is 0.745. The first-order valence-electron chi connectivity index (χ1n) is 16.7. The van der Waals surface area contributed by atoms with E-state index in [0.29, 0.717) is 11.8 Å². The van der Waals surface area contributed by atoms with Gasteiger partial charge in [0.2, 0.25) is 5.95 Å². The molecule has 10 rings (SSSR count). The van der Waals surface area contributed by atoms with Gasteiger partial charge in [-0.1, -0.05) is 127 Å². The highest BCUT2D eigenvalue weighted by molar-refractivity contribution is 6.11. The van der Waals surface area contributed by atoms with E-state index < -0.39 is 0 Å². The van der Waals surface area contributed by atoms with Crippen molar-refractivity contribution in [3.63, 3.8) is 0 Å². The van der Waals surface area contributed by atoms with Gasteiger partial charge in [-0.3, -0.25) is 4.57 Å². The van der Waals surface area contributed by atoms with Gasteiger partial charge in [0.1, 0.15) is 5.82 Å². The van der Waals surface area contributed by atoms with E-state index in [4.69, 9.17) is 15.0 Å². The normalized spacial score (nSPS) is 19.4. The second kappa shape index (κ2) is 10.7. The molecular formula is C43H31N5. The van der Waals surface area contributed by atoms with Crippen LogP contribution in [-0.2, 0) is 0 Å². The van der Waals surface area contributed by atoms with Crippen LogP contribution in [0.4, 0.5) is 11.4 Å². The topological polar surface area (TPSA) is 46.8 Å². The predicted octanol–water partition coefficient (Wildman–Crippen LogP) is 10.1. The summed E-state index contributed by atoms with van der Waals surface area (Å²) in [5, 5.41) is 4.88. The molecule has 3 atom stereocenters. The molecule has 1 aliphatic heterocycles. The number of para-hydroxylation sites is 1. The number of hydrogen-bond donors (Lipinski definition) is 0. The van der Waals surface area contributed by atoms with Crippen LogP contribution in [-0.4, -0.2) is 25.6 Å². The van der Waals surface area contributed by atoms with Gasteiger partial charge in [0, 0.05) is 39.5 Å². The number of rotatable bonds is 4. The summed E-state index contributed by atoms with van der Waals surface area (Å²) in [6.07, 6.45) is 18.5. The molecule has 0 spiro atoms. The molecule has 0 fully saturated rings. The zero-order chi connectivity index (χ0) is 31.6. The number of fused-ring (bicyclic) bond motifs is 7. The van der Waals surface area contributed by atoms with Crippen LogP contribution in [0.5, 0.6) is 0 Å². The minimum absolute atomic E-state index is 0.0849. The summed E-state index contributed by atoms with van der Waals surface area (Å²) in [6, 6.07) is 39.3.